The molecular formula is C24H20BrN. The fraction of sp³-hybridized carbons (Fsp3) is 0.208. The number of aromatic nitrogens is 1. The van der Waals surface area contributed by atoms with Gasteiger partial charge in [0, 0.05) is 12.1 Å². The Morgan fingerprint density at radius 3 is 2.81 bits per heavy atom. The molecule has 1 heterocycles. The van der Waals surface area contributed by atoms with Crippen molar-refractivity contribution in [2.24, 2.45) is 0 Å². The monoisotopic (exact) mass is 401 g/mol. The predicted octanol–water partition coefficient (Wildman–Crippen LogP) is 6.76. The molecule has 0 spiro atoms. The molecule has 1 nitrogen and oxygen atoms in total. The highest BCUT2D eigenvalue weighted by molar-refractivity contribution is 9.09. The van der Waals surface area contributed by atoms with Gasteiger partial charge in [-0.05, 0) is 70.9 Å². The van der Waals surface area contributed by atoms with Gasteiger partial charge in [0.25, 0.3) is 0 Å². The summed E-state index contributed by atoms with van der Waals surface area (Å²) in [6, 6.07) is 13.0. The topological polar surface area (TPSA) is 12.9 Å². The van der Waals surface area contributed by atoms with Gasteiger partial charge in [0.15, 0.2) is 0 Å². The van der Waals surface area contributed by atoms with Crippen LogP contribution in [0, 0.1) is 0 Å². The van der Waals surface area contributed by atoms with Crippen molar-refractivity contribution in [2.75, 3.05) is 0 Å². The van der Waals surface area contributed by atoms with Gasteiger partial charge in [-0.1, -0.05) is 64.5 Å². The lowest BCUT2D eigenvalue weighted by Gasteiger charge is -2.23. The number of alkyl halides is 1. The first-order valence-electron chi connectivity index (χ1n) is 9.22. The minimum Gasteiger partial charge on any atom is -0.257 e. The van der Waals surface area contributed by atoms with Crippen LogP contribution < -0.4 is 0 Å². The third-order valence-electron chi connectivity index (χ3n) is 5.79. The SMILES string of the molecule is CC1=C(CCC2C=Cc3ccccc32)C2=Cc3ncccc3C(Br)C2=C1. The average Bonchev–Trinajstić information content (AvgIpc) is 3.21. The Morgan fingerprint density at radius 2 is 1.88 bits per heavy atom. The Balaban J connectivity index is 1.42. The van der Waals surface area contributed by atoms with Crippen molar-refractivity contribution in [2.45, 2.75) is 30.5 Å². The van der Waals surface area contributed by atoms with Crippen LogP contribution in [0.1, 0.15) is 52.9 Å². The molecule has 5 rings (SSSR count). The number of rotatable bonds is 3. The van der Waals surface area contributed by atoms with Crippen LogP contribution >= 0.6 is 15.9 Å². The first kappa shape index (κ1) is 16.0. The molecule has 0 saturated heterocycles. The molecule has 2 aromatic rings. The molecule has 0 saturated carbocycles. The van der Waals surface area contributed by atoms with Crippen LogP contribution in [0.2, 0.25) is 0 Å². The van der Waals surface area contributed by atoms with Crippen LogP contribution in [0.3, 0.4) is 0 Å². The van der Waals surface area contributed by atoms with Crippen molar-refractivity contribution in [1.29, 1.82) is 0 Å². The predicted molar refractivity (Wildman–Crippen MR) is 112 cm³/mol. The second-order valence-electron chi connectivity index (χ2n) is 7.29. The van der Waals surface area contributed by atoms with E-state index in [-0.39, 0.29) is 4.83 Å². The molecule has 0 aliphatic heterocycles. The summed E-state index contributed by atoms with van der Waals surface area (Å²) in [4.78, 5) is 4.83. The van der Waals surface area contributed by atoms with Gasteiger partial charge in [0.05, 0.1) is 10.5 Å². The van der Waals surface area contributed by atoms with E-state index in [1.54, 1.807) is 0 Å². The highest BCUT2D eigenvalue weighted by Crippen LogP contribution is 2.49. The van der Waals surface area contributed by atoms with Crippen molar-refractivity contribution in [1.82, 2.24) is 4.98 Å². The third kappa shape index (κ3) is 2.47. The van der Waals surface area contributed by atoms with Crippen molar-refractivity contribution in [3.63, 3.8) is 0 Å². The summed E-state index contributed by atoms with van der Waals surface area (Å²) >= 11 is 3.90. The first-order valence-corrected chi connectivity index (χ1v) is 10.1. The van der Waals surface area contributed by atoms with E-state index < -0.39 is 0 Å². The summed E-state index contributed by atoms with van der Waals surface area (Å²) in [6.07, 6.45) is 13.4. The maximum absolute atomic E-state index is 4.59. The number of nitrogens with zero attached hydrogens (tertiary/aromatic N) is 1. The minimum atomic E-state index is 0.241. The van der Waals surface area contributed by atoms with Gasteiger partial charge in [-0.3, -0.25) is 4.98 Å². The van der Waals surface area contributed by atoms with Crippen LogP contribution in [0.25, 0.3) is 12.2 Å². The van der Waals surface area contributed by atoms with Crippen LogP contribution in [-0.4, -0.2) is 4.98 Å². The molecule has 2 heteroatoms. The van der Waals surface area contributed by atoms with Crippen LogP contribution in [0.15, 0.2) is 77.0 Å². The van der Waals surface area contributed by atoms with Gasteiger partial charge in [-0.2, -0.15) is 0 Å². The Labute approximate surface area is 163 Å². The average molecular weight is 402 g/mol. The zero-order valence-corrected chi connectivity index (χ0v) is 16.3. The first-order chi connectivity index (χ1) is 12.7. The number of benzene rings is 1. The fourth-order valence-electron chi connectivity index (χ4n) is 4.44. The molecular weight excluding hydrogens is 382 g/mol. The molecule has 1 aromatic carbocycles. The molecule has 0 fully saturated rings. The van der Waals surface area contributed by atoms with Crippen LogP contribution in [0.5, 0.6) is 0 Å². The van der Waals surface area contributed by atoms with Gasteiger partial charge >= 0.3 is 0 Å². The molecule has 2 unspecified atom stereocenters. The number of hydrogen-bond acceptors (Lipinski definition) is 1. The number of pyridine rings is 1. The minimum absolute atomic E-state index is 0.241. The quantitative estimate of drug-likeness (QED) is 0.517. The summed E-state index contributed by atoms with van der Waals surface area (Å²) in [6.45, 7) is 2.25. The largest absolute Gasteiger partial charge is 0.257 e. The lowest BCUT2D eigenvalue weighted by atomic mass is 9.86. The van der Waals surface area contributed by atoms with Crippen LogP contribution in [0.4, 0.5) is 0 Å². The van der Waals surface area contributed by atoms with E-state index in [9.17, 15) is 0 Å². The molecule has 0 bridgehead atoms. The Kier molecular flexibility index (Phi) is 3.82. The maximum Gasteiger partial charge on any atom is 0.0682 e. The number of allylic oxidation sites excluding steroid dienone is 6. The van der Waals surface area contributed by atoms with E-state index in [0.29, 0.717) is 5.92 Å². The summed E-state index contributed by atoms with van der Waals surface area (Å²) in [5.41, 5.74) is 10.9. The highest BCUT2D eigenvalue weighted by Gasteiger charge is 2.31. The highest BCUT2D eigenvalue weighted by atomic mass is 79.9. The van der Waals surface area contributed by atoms with E-state index in [2.05, 4.69) is 82.5 Å². The van der Waals surface area contributed by atoms with Gasteiger partial charge in [0.1, 0.15) is 0 Å². The Morgan fingerprint density at radius 1 is 1.04 bits per heavy atom. The number of halogens is 1. The molecule has 1 aromatic heterocycles. The van der Waals surface area contributed by atoms with Crippen molar-refractivity contribution in [3.05, 3.63) is 99.4 Å². The zero-order chi connectivity index (χ0) is 17.7. The van der Waals surface area contributed by atoms with E-state index in [1.165, 1.54) is 39.0 Å². The third-order valence-corrected chi connectivity index (χ3v) is 6.78. The van der Waals surface area contributed by atoms with Crippen molar-refractivity contribution < 1.29 is 0 Å². The molecule has 2 atom stereocenters. The molecule has 0 radical (unpaired) electrons. The molecule has 26 heavy (non-hydrogen) atoms. The van der Waals surface area contributed by atoms with Crippen LogP contribution in [-0.2, 0) is 0 Å². The van der Waals surface area contributed by atoms with Gasteiger partial charge in [-0.15, -0.1) is 0 Å². The smallest absolute Gasteiger partial charge is 0.0682 e. The fourth-order valence-corrected chi connectivity index (χ4v) is 5.21. The van der Waals surface area contributed by atoms with E-state index >= 15 is 0 Å². The number of hydrogen-bond donors (Lipinski definition) is 0. The second-order valence-corrected chi connectivity index (χ2v) is 8.21. The molecule has 3 aliphatic carbocycles. The van der Waals surface area contributed by atoms with Gasteiger partial charge < -0.3 is 0 Å². The number of fused-ring (bicyclic) bond motifs is 3. The van der Waals surface area contributed by atoms with Crippen molar-refractivity contribution in [3.8, 4) is 0 Å². The molecule has 3 aliphatic rings. The Bertz CT molecular complexity index is 1020. The summed E-state index contributed by atoms with van der Waals surface area (Å²) < 4.78 is 0. The second kappa shape index (κ2) is 6.21. The van der Waals surface area contributed by atoms with Gasteiger partial charge in [-0.25, -0.2) is 0 Å². The molecule has 0 amide bonds. The normalized spacial score (nSPS) is 22.7. The zero-order valence-electron chi connectivity index (χ0n) is 14.7. The lowest BCUT2D eigenvalue weighted by molar-refractivity contribution is 0.742. The summed E-state index contributed by atoms with van der Waals surface area (Å²) in [5, 5.41) is 0. The van der Waals surface area contributed by atoms with Gasteiger partial charge in [0.2, 0.25) is 0 Å². The van der Waals surface area contributed by atoms with Crippen molar-refractivity contribution >= 4 is 28.1 Å². The van der Waals surface area contributed by atoms with E-state index in [1.807, 2.05) is 12.3 Å². The summed E-state index contributed by atoms with van der Waals surface area (Å²) in [5.74, 6) is 0.532. The molecule has 0 N–H and O–H groups in total. The molecule has 128 valence electrons. The summed E-state index contributed by atoms with van der Waals surface area (Å²) in [7, 11) is 0. The van der Waals surface area contributed by atoms with E-state index in [4.69, 9.17) is 0 Å². The maximum atomic E-state index is 4.59. The lowest BCUT2D eigenvalue weighted by Crippen LogP contribution is -2.07. The van der Waals surface area contributed by atoms with E-state index in [0.717, 1.165) is 18.5 Å². The standard InChI is InChI=1S/C24H20BrN/c1-15-13-22-21(14-23-20(24(22)25)7-4-12-26-23)18(15)11-10-17-9-8-16-5-2-3-6-19(16)17/h2-9,12-14,17,24H,10-11H2,1H3. The Hall–Kier alpha value is -2.19.